The van der Waals surface area contributed by atoms with E-state index in [4.69, 9.17) is 4.42 Å². The molecule has 1 heterocycles. The molecule has 0 aliphatic heterocycles. The number of anilines is 1. The summed E-state index contributed by atoms with van der Waals surface area (Å²) >= 11 is 0. The largest absolute Gasteiger partial charge is 0.428 e. The third-order valence-electron chi connectivity index (χ3n) is 3.58. The molecule has 0 unspecified atom stereocenters. The Labute approximate surface area is 117 Å². The Kier molecular flexibility index (Phi) is 3.18. The summed E-state index contributed by atoms with van der Waals surface area (Å²) in [7, 11) is 0. The van der Waals surface area contributed by atoms with E-state index < -0.39 is 0 Å². The van der Waals surface area contributed by atoms with E-state index >= 15 is 0 Å². The summed E-state index contributed by atoms with van der Waals surface area (Å²) in [5.74, 6) is 1.13. The van der Waals surface area contributed by atoms with Gasteiger partial charge in [0.15, 0.2) is 0 Å². The van der Waals surface area contributed by atoms with Crippen molar-refractivity contribution >= 4 is 12.0 Å². The van der Waals surface area contributed by atoms with Crippen molar-refractivity contribution in [3.05, 3.63) is 47.3 Å². The number of nitrogens with zero attached hydrogens (tertiary/aromatic N) is 1. The fourth-order valence-corrected chi connectivity index (χ4v) is 2.25. The zero-order valence-electron chi connectivity index (χ0n) is 11.5. The van der Waals surface area contributed by atoms with Crippen LogP contribution in [0.5, 0.6) is 0 Å². The number of rotatable bonds is 3. The van der Waals surface area contributed by atoms with Crippen LogP contribution in [-0.4, -0.2) is 17.1 Å². The molecular formula is C15H17N3O2. The van der Waals surface area contributed by atoms with E-state index in [0.717, 1.165) is 12.1 Å². The summed E-state index contributed by atoms with van der Waals surface area (Å²) in [5.41, 5.74) is 2.05. The molecular weight excluding hydrogens is 254 g/mol. The lowest BCUT2D eigenvalue weighted by molar-refractivity contribution is 0.251. The Hall–Kier alpha value is -2.30. The quantitative estimate of drug-likeness (QED) is 0.901. The monoisotopic (exact) mass is 271 g/mol. The van der Waals surface area contributed by atoms with Gasteiger partial charge in [0.2, 0.25) is 0 Å². The van der Waals surface area contributed by atoms with Crippen molar-refractivity contribution in [2.75, 3.05) is 5.32 Å². The minimum Gasteiger partial charge on any atom is -0.428 e. The standard InChI is InChI=1S/C15H17N3O2/c1-9-10(2)20-15(16-9)18-14(19)17-13-8-12(13)11-6-4-3-5-7-11/h3-7,12-13H,8H2,1-2H3,(H2,16,17,18,19)/t12-,13+/m0/s1. The molecule has 0 saturated heterocycles. The van der Waals surface area contributed by atoms with E-state index in [1.54, 1.807) is 0 Å². The van der Waals surface area contributed by atoms with Gasteiger partial charge in [-0.05, 0) is 25.8 Å². The van der Waals surface area contributed by atoms with Crippen LogP contribution in [0.25, 0.3) is 0 Å². The Morgan fingerprint density at radius 1 is 1.30 bits per heavy atom. The molecule has 2 amide bonds. The van der Waals surface area contributed by atoms with Gasteiger partial charge in [-0.15, -0.1) is 0 Å². The highest BCUT2D eigenvalue weighted by molar-refractivity contribution is 5.87. The van der Waals surface area contributed by atoms with Crippen molar-refractivity contribution in [3.8, 4) is 0 Å². The highest BCUT2D eigenvalue weighted by Crippen LogP contribution is 2.40. The Morgan fingerprint density at radius 2 is 2.05 bits per heavy atom. The first kappa shape index (κ1) is 12.7. The third kappa shape index (κ3) is 2.66. The third-order valence-corrected chi connectivity index (χ3v) is 3.58. The fraction of sp³-hybridized carbons (Fsp3) is 0.333. The molecule has 5 heteroatoms. The summed E-state index contributed by atoms with van der Waals surface area (Å²) in [6.07, 6.45) is 0.973. The van der Waals surface area contributed by atoms with Gasteiger partial charge in [-0.25, -0.2) is 4.79 Å². The van der Waals surface area contributed by atoms with Crippen molar-refractivity contribution in [3.63, 3.8) is 0 Å². The number of oxazole rings is 1. The number of urea groups is 1. The van der Waals surface area contributed by atoms with E-state index in [0.29, 0.717) is 11.7 Å². The van der Waals surface area contributed by atoms with Crippen LogP contribution in [0.2, 0.25) is 0 Å². The van der Waals surface area contributed by atoms with E-state index in [2.05, 4.69) is 27.8 Å². The minimum atomic E-state index is -0.269. The summed E-state index contributed by atoms with van der Waals surface area (Å²) in [4.78, 5) is 16.0. The second-order valence-corrected chi connectivity index (χ2v) is 5.12. The number of carbonyl (C=O) groups is 1. The molecule has 1 aliphatic carbocycles. The molecule has 0 bridgehead atoms. The summed E-state index contributed by atoms with van der Waals surface area (Å²) in [6, 6.07) is 10.4. The lowest BCUT2D eigenvalue weighted by atomic mass is 10.1. The van der Waals surface area contributed by atoms with Crippen LogP contribution in [0.1, 0.15) is 29.4 Å². The highest BCUT2D eigenvalue weighted by Gasteiger charge is 2.39. The van der Waals surface area contributed by atoms with E-state index in [9.17, 15) is 4.79 Å². The predicted octanol–water partition coefficient (Wildman–Crippen LogP) is 2.97. The lowest BCUT2D eigenvalue weighted by Gasteiger charge is -2.04. The maximum Gasteiger partial charge on any atom is 0.323 e. The van der Waals surface area contributed by atoms with Gasteiger partial charge in [-0.1, -0.05) is 30.3 Å². The molecule has 1 aromatic heterocycles. The number of benzene rings is 1. The van der Waals surface area contributed by atoms with E-state index in [1.165, 1.54) is 5.56 Å². The van der Waals surface area contributed by atoms with Gasteiger partial charge in [0.05, 0.1) is 5.69 Å². The molecule has 5 nitrogen and oxygen atoms in total. The van der Waals surface area contributed by atoms with Gasteiger partial charge in [-0.2, -0.15) is 4.98 Å². The first-order chi connectivity index (χ1) is 9.63. The molecule has 1 fully saturated rings. The van der Waals surface area contributed by atoms with Crippen LogP contribution >= 0.6 is 0 Å². The molecule has 104 valence electrons. The topological polar surface area (TPSA) is 67.2 Å². The van der Waals surface area contributed by atoms with Gasteiger partial charge < -0.3 is 9.73 Å². The van der Waals surface area contributed by atoms with Crippen molar-refractivity contribution in [2.24, 2.45) is 0 Å². The molecule has 20 heavy (non-hydrogen) atoms. The molecule has 1 saturated carbocycles. The molecule has 1 aliphatic rings. The SMILES string of the molecule is Cc1nc(NC(=O)N[C@@H]2C[C@H]2c2ccccc2)oc1C. The normalized spacial score (nSPS) is 20.5. The number of aromatic nitrogens is 1. The molecule has 0 radical (unpaired) electrons. The molecule has 2 atom stereocenters. The number of carbonyl (C=O) groups excluding carboxylic acids is 1. The maximum atomic E-state index is 11.8. The number of hydrogen-bond acceptors (Lipinski definition) is 3. The van der Waals surface area contributed by atoms with Crippen LogP contribution < -0.4 is 10.6 Å². The average molecular weight is 271 g/mol. The summed E-state index contributed by atoms with van der Waals surface area (Å²) < 4.78 is 5.32. The maximum absolute atomic E-state index is 11.8. The van der Waals surface area contributed by atoms with Gasteiger partial charge in [0.1, 0.15) is 5.76 Å². The van der Waals surface area contributed by atoms with Gasteiger partial charge in [0.25, 0.3) is 0 Å². The predicted molar refractivity (Wildman–Crippen MR) is 75.7 cm³/mol. The van der Waals surface area contributed by atoms with Crippen LogP contribution in [0.15, 0.2) is 34.7 Å². The Balaban J connectivity index is 1.54. The second-order valence-electron chi connectivity index (χ2n) is 5.12. The van der Waals surface area contributed by atoms with Gasteiger partial charge in [-0.3, -0.25) is 5.32 Å². The van der Waals surface area contributed by atoms with Crippen molar-refractivity contribution in [1.29, 1.82) is 0 Å². The van der Waals surface area contributed by atoms with Crippen LogP contribution in [0.4, 0.5) is 10.8 Å². The molecule has 0 spiro atoms. The van der Waals surface area contributed by atoms with E-state index in [-0.39, 0.29) is 18.1 Å². The van der Waals surface area contributed by atoms with Gasteiger partial charge >= 0.3 is 12.0 Å². The fourth-order valence-electron chi connectivity index (χ4n) is 2.25. The zero-order valence-corrected chi connectivity index (χ0v) is 11.5. The Morgan fingerprint density at radius 3 is 2.70 bits per heavy atom. The number of amides is 2. The minimum absolute atomic E-state index is 0.189. The summed E-state index contributed by atoms with van der Waals surface area (Å²) in [6.45, 7) is 3.66. The molecule has 1 aromatic carbocycles. The zero-order chi connectivity index (χ0) is 14.1. The number of nitrogens with one attached hydrogen (secondary N) is 2. The Bertz CT molecular complexity index is 602. The summed E-state index contributed by atoms with van der Waals surface area (Å²) in [5, 5.41) is 5.55. The molecule has 2 N–H and O–H groups in total. The number of hydrogen-bond donors (Lipinski definition) is 2. The molecule has 2 aromatic rings. The molecule has 3 rings (SSSR count). The van der Waals surface area contributed by atoms with E-state index in [1.807, 2.05) is 32.0 Å². The smallest absolute Gasteiger partial charge is 0.323 e. The second kappa shape index (κ2) is 5.00. The van der Waals surface area contributed by atoms with Crippen LogP contribution in [-0.2, 0) is 0 Å². The van der Waals surface area contributed by atoms with Crippen LogP contribution in [0.3, 0.4) is 0 Å². The van der Waals surface area contributed by atoms with Crippen molar-refractivity contribution in [1.82, 2.24) is 10.3 Å². The first-order valence-electron chi connectivity index (χ1n) is 6.70. The van der Waals surface area contributed by atoms with Crippen molar-refractivity contribution in [2.45, 2.75) is 32.2 Å². The van der Waals surface area contributed by atoms with Gasteiger partial charge in [0, 0.05) is 12.0 Å². The average Bonchev–Trinajstić information content (AvgIpc) is 3.11. The number of aryl methyl sites for hydroxylation is 2. The van der Waals surface area contributed by atoms with Crippen molar-refractivity contribution < 1.29 is 9.21 Å². The lowest BCUT2D eigenvalue weighted by Crippen LogP contribution is -2.31. The van der Waals surface area contributed by atoms with Crippen LogP contribution in [0, 0.1) is 13.8 Å². The highest BCUT2D eigenvalue weighted by atomic mass is 16.4. The first-order valence-corrected chi connectivity index (χ1v) is 6.70.